The smallest absolute Gasteiger partial charge is 0.341 e. The Morgan fingerprint density at radius 3 is 2.70 bits per heavy atom. The number of ether oxygens (including phenoxy) is 1. The Kier molecular flexibility index (Phi) is 4.23. The minimum absolute atomic E-state index is 0.0309. The number of rotatable bonds is 3. The lowest BCUT2D eigenvalue weighted by atomic mass is 10.0. The first kappa shape index (κ1) is 14.7. The normalized spacial score (nSPS) is 10.8. The van der Waals surface area contributed by atoms with E-state index in [2.05, 4.69) is 4.98 Å². The van der Waals surface area contributed by atoms with Gasteiger partial charge in [0.1, 0.15) is 22.1 Å². The van der Waals surface area contributed by atoms with Crippen molar-refractivity contribution in [1.82, 2.24) is 4.98 Å². The number of esters is 1. The van der Waals surface area contributed by atoms with Crippen LogP contribution >= 0.6 is 11.6 Å². The number of carbonyl (C=O) groups is 1. The van der Waals surface area contributed by atoms with Crippen molar-refractivity contribution in [3.63, 3.8) is 0 Å². The minimum atomic E-state index is -0.535. The lowest BCUT2D eigenvalue weighted by Gasteiger charge is -2.11. The van der Waals surface area contributed by atoms with Crippen LogP contribution in [0.15, 0.2) is 12.1 Å². The van der Waals surface area contributed by atoms with E-state index in [1.54, 1.807) is 13.8 Å². The second-order valence-electron chi connectivity index (χ2n) is 4.45. The van der Waals surface area contributed by atoms with E-state index in [-0.39, 0.29) is 22.8 Å². The van der Waals surface area contributed by atoms with E-state index in [0.717, 1.165) is 5.56 Å². The van der Waals surface area contributed by atoms with Gasteiger partial charge < -0.3 is 4.74 Å². The van der Waals surface area contributed by atoms with Crippen LogP contribution in [0.5, 0.6) is 0 Å². The Morgan fingerprint density at radius 2 is 2.10 bits per heavy atom. The van der Waals surface area contributed by atoms with E-state index in [1.807, 2.05) is 13.0 Å². The molecule has 0 atom stereocenters. The number of fused-ring (bicyclic) bond motifs is 1. The van der Waals surface area contributed by atoms with Crippen LogP contribution in [-0.2, 0) is 11.2 Å². The Morgan fingerprint density at radius 1 is 1.40 bits per heavy atom. The van der Waals surface area contributed by atoms with Crippen molar-refractivity contribution in [2.24, 2.45) is 0 Å². The molecule has 0 bridgehead atoms. The monoisotopic (exact) mass is 295 g/mol. The largest absolute Gasteiger partial charge is 0.462 e. The summed E-state index contributed by atoms with van der Waals surface area (Å²) < 4.78 is 19.0. The van der Waals surface area contributed by atoms with Gasteiger partial charge in [-0.25, -0.2) is 14.2 Å². The summed E-state index contributed by atoms with van der Waals surface area (Å²) in [5.74, 6) is -0.966. The van der Waals surface area contributed by atoms with Gasteiger partial charge >= 0.3 is 5.97 Å². The van der Waals surface area contributed by atoms with Gasteiger partial charge in [-0.1, -0.05) is 18.5 Å². The number of pyridine rings is 1. The van der Waals surface area contributed by atoms with Gasteiger partial charge in [-0.3, -0.25) is 0 Å². The number of halogens is 2. The van der Waals surface area contributed by atoms with Gasteiger partial charge in [0.15, 0.2) is 0 Å². The molecule has 0 saturated heterocycles. The van der Waals surface area contributed by atoms with Crippen molar-refractivity contribution in [3.05, 3.63) is 39.8 Å². The number of carbonyl (C=O) groups excluding carboxylic acids is 1. The molecule has 0 aliphatic heterocycles. The number of nitrogens with zero attached hydrogens (tertiary/aromatic N) is 1. The maximum Gasteiger partial charge on any atom is 0.341 e. The van der Waals surface area contributed by atoms with Crippen LogP contribution < -0.4 is 0 Å². The van der Waals surface area contributed by atoms with Crippen molar-refractivity contribution < 1.29 is 13.9 Å². The number of aromatic nitrogens is 1. The third kappa shape index (κ3) is 2.48. The Balaban J connectivity index is 2.76. The molecule has 1 aromatic heterocycles. The molecule has 0 aliphatic rings. The maximum atomic E-state index is 14.0. The van der Waals surface area contributed by atoms with Crippen LogP contribution in [0.3, 0.4) is 0 Å². The van der Waals surface area contributed by atoms with Gasteiger partial charge in [0, 0.05) is 5.39 Å². The van der Waals surface area contributed by atoms with E-state index in [9.17, 15) is 9.18 Å². The first-order valence-electron chi connectivity index (χ1n) is 6.44. The zero-order chi connectivity index (χ0) is 14.9. The predicted octanol–water partition coefficient (Wildman–Crippen LogP) is 4.07. The van der Waals surface area contributed by atoms with E-state index < -0.39 is 11.8 Å². The van der Waals surface area contributed by atoms with Crippen LogP contribution in [0.4, 0.5) is 4.39 Å². The molecule has 0 fully saturated rings. The van der Waals surface area contributed by atoms with Gasteiger partial charge in [0.25, 0.3) is 0 Å². The molecule has 0 radical (unpaired) electrons. The molecular formula is C15H15ClFNO2. The fourth-order valence-electron chi connectivity index (χ4n) is 2.14. The van der Waals surface area contributed by atoms with Crippen LogP contribution in [0.2, 0.25) is 5.15 Å². The van der Waals surface area contributed by atoms with Crippen LogP contribution in [-0.4, -0.2) is 17.6 Å². The van der Waals surface area contributed by atoms with Crippen molar-refractivity contribution in [2.75, 3.05) is 6.61 Å². The van der Waals surface area contributed by atoms with Gasteiger partial charge in [0.05, 0.1) is 6.61 Å². The Hall–Kier alpha value is -1.68. The molecular weight excluding hydrogens is 281 g/mol. The van der Waals surface area contributed by atoms with Crippen molar-refractivity contribution in [1.29, 1.82) is 0 Å². The van der Waals surface area contributed by atoms with E-state index >= 15 is 0 Å². The Labute approximate surface area is 121 Å². The van der Waals surface area contributed by atoms with Gasteiger partial charge in [-0.05, 0) is 43.5 Å². The highest BCUT2D eigenvalue weighted by molar-refractivity contribution is 6.33. The second-order valence-corrected chi connectivity index (χ2v) is 4.81. The van der Waals surface area contributed by atoms with Gasteiger partial charge in [-0.2, -0.15) is 0 Å². The molecule has 0 saturated carbocycles. The fraction of sp³-hybridized carbons (Fsp3) is 0.333. The molecule has 106 valence electrons. The molecule has 0 N–H and O–H groups in total. The quantitative estimate of drug-likeness (QED) is 0.633. The first-order chi connectivity index (χ1) is 9.49. The zero-order valence-electron chi connectivity index (χ0n) is 11.6. The second kappa shape index (κ2) is 5.75. The summed E-state index contributed by atoms with van der Waals surface area (Å²) in [5.41, 5.74) is 1.82. The highest BCUT2D eigenvalue weighted by atomic mass is 35.5. The van der Waals surface area contributed by atoms with Crippen molar-refractivity contribution in [3.8, 4) is 0 Å². The standard InChI is InChI=1S/C15H15ClFNO2/c1-4-9-6-10-8(3)12(15(19)20-5-2)14(16)18-13(10)11(17)7-9/h6-7H,4-5H2,1-3H3. The van der Waals surface area contributed by atoms with Crippen LogP contribution in [0, 0.1) is 12.7 Å². The van der Waals surface area contributed by atoms with E-state index in [4.69, 9.17) is 16.3 Å². The summed E-state index contributed by atoms with van der Waals surface area (Å²) in [7, 11) is 0. The lowest BCUT2D eigenvalue weighted by molar-refractivity contribution is 0.0525. The van der Waals surface area contributed by atoms with Crippen molar-refractivity contribution >= 4 is 28.5 Å². The van der Waals surface area contributed by atoms with E-state index in [0.29, 0.717) is 17.4 Å². The molecule has 3 nitrogen and oxygen atoms in total. The number of hydrogen-bond donors (Lipinski definition) is 0. The third-order valence-corrected chi connectivity index (χ3v) is 3.48. The zero-order valence-corrected chi connectivity index (χ0v) is 12.3. The fourth-order valence-corrected chi connectivity index (χ4v) is 2.45. The molecule has 5 heteroatoms. The molecule has 2 rings (SSSR count). The molecule has 1 heterocycles. The SMILES string of the molecule is CCOC(=O)c1c(Cl)nc2c(F)cc(CC)cc2c1C. The first-order valence-corrected chi connectivity index (χ1v) is 6.82. The summed E-state index contributed by atoms with van der Waals surface area (Å²) in [6, 6.07) is 3.27. The van der Waals surface area contributed by atoms with E-state index in [1.165, 1.54) is 6.07 Å². The molecule has 1 aromatic carbocycles. The van der Waals surface area contributed by atoms with Gasteiger partial charge in [0.2, 0.25) is 0 Å². The molecule has 0 aliphatic carbocycles. The lowest BCUT2D eigenvalue weighted by Crippen LogP contribution is -2.09. The summed E-state index contributed by atoms with van der Waals surface area (Å²) in [5, 5.41) is 0.561. The number of hydrogen-bond acceptors (Lipinski definition) is 3. The highest BCUT2D eigenvalue weighted by Gasteiger charge is 2.20. The highest BCUT2D eigenvalue weighted by Crippen LogP contribution is 2.29. The summed E-state index contributed by atoms with van der Waals surface area (Å²) >= 11 is 6.01. The molecule has 0 amide bonds. The number of benzene rings is 1. The molecule has 0 spiro atoms. The third-order valence-electron chi connectivity index (χ3n) is 3.21. The average Bonchev–Trinajstić information content (AvgIpc) is 2.40. The van der Waals surface area contributed by atoms with Crippen LogP contribution in [0.25, 0.3) is 10.9 Å². The minimum Gasteiger partial charge on any atom is -0.462 e. The van der Waals surface area contributed by atoms with Gasteiger partial charge in [-0.15, -0.1) is 0 Å². The maximum absolute atomic E-state index is 14.0. The predicted molar refractivity (Wildman–Crippen MR) is 76.8 cm³/mol. The summed E-state index contributed by atoms with van der Waals surface area (Å²) in [6.45, 7) is 5.62. The summed E-state index contributed by atoms with van der Waals surface area (Å²) in [4.78, 5) is 15.9. The number of aryl methyl sites for hydroxylation is 2. The molecule has 0 unspecified atom stereocenters. The van der Waals surface area contributed by atoms with Crippen LogP contribution in [0.1, 0.15) is 35.3 Å². The van der Waals surface area contributed by atoms with Crippen molar-refractivity contribution in [2.45, 2.75) is 27.2 Å². The molecule has 20 heavy (non-hydrogen) atoms. The topological polar surface area (TPSA) is 39.2 Å². The molecule has 2 aromatic rings. The average molecular weight is 296 g/mol. The summed E-state index contributed by atoms with van der Waals surface area (Å²) in [6.07, 6.45) is 0.698. The Bertz CT molecular complexity index is 685.